The van der Waals surface area contributed by atoms with Gasteiger partial charge in [0, 0.05) is 17.0 Å². The fourth-order valence-corrected chi connectivity index (χ4v) is 2.68. The summed E-state index contributed by atoms with van der Waals surface area (Å²) in [6.45, 7) is 0.317. The fraction of sp³-hybridized carbons (Fsp3) is 0.235. The number of thioether (sulfide) groups is 1. The minimum absolute atomic E-state index is 0.145. The molecule has 0 saturated heterocycles. The zero-order valence-corrected chi connectivity index (χ0v) is 13.4. The van der Waals surface area contributed by atoms with Crippen molar-refractivity contribution >= 4 is 17.7 Å². The quantitative estimate of drug-likeness (QED) is 0.824. The minimum atomic E-state index is -0.746. The Morgan fingerprint density at radius 1 is 1.22 bits per heavy atom. The lowest BCUT2D eigenvalue weighted by molar-refractivity contribution is 0.0916. The van der Waals surface area contributed by atoms with Gasteiger partial charge in [0.05, 0.1) is 6.10 Å². The van der Waals surface area contributed by atoms with Crippen molar-refractivity contribution < 1.29 is 19.4 Å². The average Bonchev–Trinajstić information content (AvgIpc) is 3.07. The van der Waals surface area contributed by atoms with Gasteiger partial charge in [0.2, 0.25) is 6.79 Å². The Balaban J connectivity index is 1.59. The van der Waals surface area contributed by atoms with E-state index in [1.54, 1.807) is 30.0 Å². The van der Waals surface area contributed by atoms with Crippen LogP contribution in [0.1, 0.15) is 22.0 Å². The van der Waals surface area contributed by atoms with Crippen LogP contribution in [0, 0.1) is 0 Å². The van der Waals surface area contributed by atoms with E-state index in [2.05, 4.69) is 5.32 Å². The molecular formula is C17H17NO4S. The molecule has 1 amide bonds. The maximum atomic E-state index is 12.2. The van der Waals surface area contributed by atoms with Gasteiger partial charge in [0.25, 0.3) is 5.91 Å². The van der Waals surface area contributed by atoms with Crippen molar-refractivity contribution in [3.05, 3.63) is 53.6 Å². The lowest BCUT2D eigenvalue weighted by atomic mass is 10.1. The van der Waals surface area contributed by atoms with E-state index in [0.717, 1.165) is 10.5 Å². The summed E-state index contributed by atoms with van der Waals surface area (Å²) in [4.78, 5) is 13.3. The van der Waals surface area contributed by atoms with E-state index in [-0.39, 0.29) is 19.2 Å². The number of amides is 1. The second kappa shape index (κ2) is 6.93. The van der Waals surface area contributed by atoms with E-state index in [0.29, 0.717) is 17.1 Å². The standard InChI is InChI=1S/C17H17NO4S/c1-23-13-5-2-11(3-6-13)14(19)9-18-17(20)12-4-7-15-16(8-12)22-10-21-15/h2-8,14,19H,9-10H2,1H3,(H,18,20). The van der Waals surface area contributed by atoms with Crippen molar-refractivity contribution in [2.45, 2.75) is 11.0 Å². The molecule has 1 heterocycles. The molecule has 0 aliphatic carbocycles. The summed E-state index contributed by atoms with van der Waals surface area (Å²) in [6, 6.07) is 12.6. The van der Waals surface area contributed by atoms with E-state index < -0.39 is 6.10 Å². The van der Waals surface area contributed by atoms with Crippen LogP contribution in [0.3, 0.4) is 0 Å². The molecule has 0 radical (unpaired) electrons. The number of hydrogen-bond acceptors (Lipinski definition) is 5. The average molecular weight is 331 g/mol. The van der Waals surface area contributed by atoms with Gasteiger partial charge in [-0.1, -0.05) is 12.1 Å². The molecule has 120 valence electrons. The van der Waals surface area contributed by atoms with Gasteiger partial charge >= 0.3 is 0 Å². The molecule has 2 aromatic carbocycles. The molecule has 1 unspecified atom stereocenters. The monoisotopic (exact) mass is 331 g/mol. The summed E-state index contributed by atoms with van der Waals surface area (Å²) < 4.78 is 10.5. The molecule has 0 aromatic heterocycles. The molecular weight excluding hydrogens is 314 g/mol. The van der Waals surface area contributed by atoms with E-state index in [4.69, 9.17) is 9.47 Å². The first-order valence-corrected chi connectivity index (χ1v) is 8.39. The molecule has 23 heavy (non-hydrogen) atoms. The summed E-state index contributed by atoms with van der Waals surface area (Å²) in [5, 5.41) is 12.9. The third kappa shape index (κ3) is 3.60. The Labute approximate surface area is 138 Å². The second-order valence-corrected chi connectivity index (χ2v) is 5.95. The van der Waals surface area contributed by atoms with Crippen molar-refractivity contribution in [3.8, 4) is 11.5 Å². The number of rotatable bonds is 5. The fourth-order valence-electron chi connectivity index (χ4n) is 2.27. The van der Waals surface area contributed by atoms with Crippen molar-refractivity contribution in [2.24, 2.45) is 0 Å². The highest BCUT2D eigenvalue weighted by Gasteiger charge is 2.17. The zero-order chi connectivity index (χ0) is 16.2. The summed E-state index contributed by atoms with van der Waals surface area (Å²) in [7, 11) is 0. The number of benzene rings is 2. The van der Waals surface area contributed by atoms with Gasteiger partial charge in [0.15, 0.2) is 11.5 Å². The smallest absolute Gasteiger partial charge is 0.251 e. The topological polar surface area (TPSA) is 67.8 Å². The van der Waals surface area contributed by atoms with E-state index >= 15 is 0 Å². The van der Waals surface area contributed by atoms with Crippen LogP contribution < -0.4 is 14.8 Å². The van der Waals surface area contributed by atoms with Crippen LogP contribution >= 0.6 is 11.8 Å². The Morgan fingerprint density at radius 3 is 2.70 bits per heavy atom. The number of nitrogens with one attached hydrogen (secondary N) is 1. The normalized spacial score (nSPS) is 13.7. The summed E-state index contributed by atoms with van der Waals surface area (Å²) in [6.07, 6.45) is 1.25. The van der Waals surface area contributed by atoms with Gasteiger partial charge < -0.3 is 19.9 Å². The van der Waals surface area contributed by atoms with Crippen LogP contribution in [0.5, 0.6) is 11.5 Å². The molecule has 3 rings (SSSR count). The Morgan fingerprint density at radius 2 is 1.96 bits per heavy atom. The molecule has 5 nitrogen and oxygen atoms in total. The van der Waals surface area contributed by atoms with Crippen molar-refractivity contribution in [1.29, 1.82) is 0 Å². The van der Waals surface area contributed by atoms with Crippen LogP contribution in [0.2, 0.25) is 0 Å². The number of hydrogen-bond donors (Lipinski definition) is 2. The van der Waals surface area contributed by atoms with E-state index in [9.17, 15) is 9.90 Å². The first-order valence-electron chi connectivity index (χ1n) is 7.17. The third-order valence-corrected chi connectivity index (χ3v) is 4.33. The molecule has 2 N–H and O–H groups in total. The highest BCUT2D eigenvalue weighted by atomic mass is 32.2. The maximum Gasteiger partial charge on any atom is 0.251 e. The van der Waals surface area contributed by atoms with E-state index in [1.807, 2.05) is 30.5 Å². The molecule has 1 aliphatic heterocycles. The molecule has 1 atom stereocenters. The first-order chi connectivity index (χ1) is 11.2. The molecule has 1 aliphatic rings. The van der Waals surface area contributed by atoms with Gasteiger partial charge in [-0.25, -0.2) is 0 Å². The van der Waals surface area contributed by atoms with Crippen LogP contribution in [0.4, 0.5) is 0 Å². The minimum Gasteiger partial charge on any atom is -0.454 e. The van der Waals surface area contributed by atoms with Crippen molar-refractivity contribution in [2.75, 3.05) is 19.6 Å². The highest BCUT2D eigenvalue weighted by molar-refractivity contribution is 7.98. The number of carbonyl (C=O) groups excluding carboxylic acids is 1. The largest absolute Gasteiger partial charge is 0.454 e. The number of carbonyl (C=O) groups is 1. The Kier molecular flexibility index (Phi) is 4.73. The van der Waals surface area contributed by atoms with Crippen LogP contribution in [-0.4, -0.2) is 30.6 Å². The van der Waals surface area contributed by atoms with Gasteiger partial charge in [-0.3, -0.25) is 4.79 Å². The van der Waals surface area contributed by atoms with Crippen LogP contribution in [0.25, 0.3) is 0 Å². The van der Waals surface area contributed by atoms with E-state index in [1.165, 1.54) is 0 Å². The lowest BCUT2D eigenvalue weighted by Gasteiger charge is -2.13. The second-order valence-electron chi connectivity index (χ2n) is 5.07. The number of aliphatic hydroxyl groups is 1. The lowest BCUT2D eigenvalue weighted by Crippen LogP contribution is -2.28. The van der Waals surface area contributed by atoms with Crippen molar-refractivity contribution in [3.63, 3.8) is 0 Å². The zero-order valence-electron chi connectivity index (χ0n) is 12.6. The van der Waals surface area contributed by atoms with Gasteiger partial charge in [-0.2, -0.15) is 0 Å². The molecule has 6 heteroatoms. The first kappa shape index (κ1) is 15.7. The molecule has 0 saturated carbocycles. The SMILES string of the molecule is CSc1ccc(C(O)CNC(=O)c2ccc3c(c2)OCO3)cc1. The molecule has 2 aromatic rings. The summed E-state index contributed by atoms with van der Waals surface area (Å²) in [5.41, 5.74) is 1.24. The van der Waals surface area contributed by atoms with Gasteiger partial charge in [-0.05, 0) is 42.2 Å². The summed E-state index contributed by atoms with van der Waals surface area (Å²) >= 11 is 1.64. The third-order valence-electron chi connectivity index (χ3n) is 3.59. The van der Waals surface area contributed by atoms with Crippen LogP contribution in [0.15, 0.2) is 47.4 Å². The predicted octanol–water partition coefficient (Wildman–Crippen LogP) is 2.60. The van der Waals surface area contributed by atoms with Gasteiger partial charge in [0.1, 0.15) is 0 Å². The van der Waals surface area contributed by atoms with Crippen LogP contribution in [-0.2, 0) is 0 Å². The predicted molar refractivity (Wildman–Crippen MR) is 88.1 cm³/mol. The number of fused-ring (bicyclic) bond motifs is 1. The Bertz CT molecular complexity index is 702. The number of ether oxygens (including phenoxy) is 2. The van der Waals surface area contributed by atoms with Crippen molar-refractivity contribution in [1.82, 2.24) is 5.32 Å². The molecule has 0 fully saturated rings. The number of aliphatic hydroxyl groups excluding tert-OH is 1. The Hall–Kier alpha value is -2.18. The highest BCUT2D eigenvalue weighted by Crippen LogP contribution is 2.32. The summed E-state index contributed by atoms with van der Waals surface area (Å²) in [5.74, 6) is 0.935. The molecule has 0 bridgehead atoms. The van der Waals surface area contributed by atoms with Gasteiger partial charge in [-0.15, -0.1) is 11.8 Å². The maximum absolute atomic E-state index is 12.2. The molecule has 0 spiro atoms.